The third-order valence-electron chi connectivity index (χ3n) is 1.23. The fourth-order valence-corrected chi connectivity index (χ4v) is 0.517. The van der Waals surface area contributed by atoms with Gasteiger partial charge in [-0.2, -0.15) is 0 Å². The molecule has 0 aromatic carbocycles. The van der Waals surface area contributed by atoms with E-state index in [1.165, 1.54) is 0 Å². The van der Waals surface area contributed by atoms with Crippen molar-refractivity contribution in [3.05, 3.63) is 0 Å². The lowest BCUT2D eigenvalue weighted by molar-refractivity contribution is 0.193. The maximum Gasteiger partial charge on any atom is 0.0742 e. The average molecular weight is 141 g/mol. The van der Waals surface area contributed by atoms with Gasteiger partial charge in [-0.25, -0.2) is 0 Å². The first-order chi connectivity index (χ1) is 4.62. The summed E-state index contributed by atoms with van der Waals surface area (Å²) in [5.74, 6) is 2.63. The van der Waals surface area contributed by atoms with Crippen LogP contribution < -0.4 is 5.32 Å². The summed E-state index contributed by atoms with van der Waals surface area (Å²) < 4.78 is 4.85. The van der Waals surface area contributed by atoms with Gasteiger partial charge in [0.05, 0.1) is 12.1 Å². The number of methoxy groups -OCH3 is 1. The van der Waals surface area contributed by atoms with Gasteiger partial charge in [-0.3, -0.25) is 5.32 Å². The summed E-state index contributed by atoms with van der Waals surface area (Å²) in [5, 5.41) is 3.15. The highest BCUT2D eigenvalue weighted by atomic mass is 16.5. The molecule has 0 radical (unpaired) electrons. The Balaban J connectivity index is 3.40. The van der Waals surface area contributed by atoms with Gasteiger partial charge in [0.2, 0.25) is 0 Å². The van der Waals surface area contributed by atoms with E-state index in [0.29, 0.717) is 6.61 Å². The molecule has 0 aliphatic heterocycles. The lowest BCUT2D eigenvalue weighted by atomic mass is 10.1. The Bertz CT molecular complexity index is 124. The molecular weight excluding hydrogens is 126 g/mol. The van der Waals surface area contributed by atoms with Crippen molar-refractivity contribution < 1.29 is 4.74 Å². The van der Waals surface area contributed by atoms with E-state index in [1.54, 1.807) is 7.11 Å². The first-order valence-electron chi connectivity index (χ1n) is 3.34. The van der Waals surface area contributed by atoms with Crippen molar-refractivity contribution in [1.29, 1.82) is 0 Å². The average Bonchev–Trinajstić information content (AvgIpc) is 1.89. The van der Waals surface area contributed by atoms with Crippen molar-refractivity contribution in [1.82, 2.24) is 5.32 Å². The van der Waals surface area contributed by atoms with Crippen LogP contribution >= 0.6 is 0 Å². The molecule has 0 unspecified atom stereocenters. The minimum atomic E-state index is -0.210. The summed E-state index contributed by atoms with van der Waals surface area (Å²) in [7, 11) is 1.67. The molecule has 0 fully saturated rings. The van der Waals surface area contributed by atoms with Gasteiger partial charge in [0.1, 0.15) is 0 Å². The quantitative estimate of drug-likeness (QED) is 0.458. The number of nitrogens with one attached hydrogen (secondary N) is 1. The molecular formula is C8H15NO. The fraction of sp³-hybridized carbons (Fsp3) is 0.750. The van der Waals surface area contributed by atoms with Crippen LogP contribution in [0.4, 0.5) is 0 Å². The zero-order valence-electron chi connectivity index (χ0n) is 6.90. The van der Waals surface area contributed by atoms with E-state index < -0.39 is 0 Å². The first kappa shape index (κ1) is 9.48. The van der Waals surface area contributed by atoms with Crippen LogP contribution in [0.1, 0.15) is 13.8 Å². The van der Waals surface area contributed by atoms with E-state index >= 15 is 0 Å². The lowest BCUT2D eigenvalue weighted by Gasteiger charge is -2.18. The third-order valence-corrected chi connectivity index (χ3v) is 1.23. The van der Waals surface area contributed by atoms with E-state index in [2.05, 4.69) is 11.2 Å². The van der Waals surface area contributed by atoms with Crippen LogP contribution in [0.5, 0.6) is 0 Å². The minimum absolute atomic E-state index is 0.210. The van der Waals surface area contributed by atoms with Gasteiger partial charge in [0, 0.05) is 13.7 Å². The van der Waals surface area contributed by atoms with Gasteiger partial charge in [0.15, 0.2) is 0 Å². The second-order valence-corrected chi connectivity index (χ2v) is 2.69. The molecule has 0 aliphatic rings. The first-order valence-corrected chi connectivity index (χ1v) is 3.34. The van der Waals surface area contributed by atoms with Gasteiger partial charge in [-0.15, -0.1) is 6.42 Å². The number of ether oxygens (including phenoxy) is 1. The highest BCUT2D eigenvalue weighted by Crippen LogP contribution is 1.96. The van der Waals surface area contributed by atoms with Crippen molar-refractivity contribution >= 4 is 0 Å². The SMILES string of the molecule is C#CC(C)(C)NCCOC. The van der Waals surface area contributed by atoms with Crippen LogP contribution in [0, 0.1) is 12.3 Å². The zero-order valence-corrected chi connectivity index (χ0v) is 6.90. The van der Waals surface area contributed by atoms with Crippen LogP contribution in [0.25, 0.3) is 0 Å². The summed E-state index contributed by atoms with van der Waals surface area (Å²) in [5.41, 5.74) is -0.210. The molecule has 0 rings (SSSR count). The van der Waals surface area contributed by atoms with Crippen molar-refractivity contribution in [3.8, 4) is 12.3 Å². The maximum atomic E-state index is 5.24. The zero-order chi connectivity index (χ0) is 8.04. The molecule has 0 aromatic heterocycles. The lowest BCUT2D eigenvalue weighted by Crippen LogP contribution is -2.39. The summed E-state index contributed by atoms with van der Waals surface area (Å²) in [4.78, 5) is 0. The summed E-state index contributed by atoms with van der Waals surface area (Å²) in [6.45, 7) is 5.42. The summed E-state index contributed by atoms with van der Waals surface area (Å²) in [6.07, 6.45) is 5.24. The Morgan fingerprint density at radius 1 is 1.60 bits per heavy atom. The van der Waals surface area contributed by atoms with E-state index in [1.807, 2.05) is 13.8 Å². The van der Waals surface area contributed by atoms with E-state index in [0.717, 1.165) is 6.54 Å². The Morgan fingerprint density at radius 3 is 2.60 bits per heavy atom. The number of hydrogen-bond donors (Lipinski definition) is 1. The highest BCUT2D eigenvalue weighted by molar-refractivity contribution is 5.07. The Kier molecular flexibility index (Phi) is 4.10. The summed E-state index contributed by atoms with van der Waals surface area (Å²) in [6, 6.07) is 0. The molecule has 0 spiro atoms. The predicted molar refractivity (Wildman–Crippen MR) is 42.8 cm³/mol. The maximum absolute atomic E-state index is 5.24. The Hall–Kier alpha value is -0.520. The molecule has 0 heterocycles. The predicted octanol–water partition coefficient (Wildman–Crippen LogP) is 0.634. The van der Waals surface area contributed by atoms with Crippen LogP contribution in [0.15, 0.2) is 0 Å². The van der Waals surface area contributed by atoms with Crippen molar-refractivity contribution in [3.63, 3.8) is 0 Å². The molecule has 0 amide bonds. The van der Waals surface area contributed by atoms with Crippen LogP contribution in [0.2, 0.25) is 0 Å². The van der Waals surface area contributed by atoms with Crippen molar-refractivity contribution in [2.24, 2.45) is 0 Å². The molecule has 0 saturated carbocycles. The highest BCUT2D eigenvalue weighted by Gasteiger charge is 2.10. The van der Waals surface area contributed by atoms with Gasteiger partial charge in [-0.1, -0.05) is 5.92 Å². The fourth-order valence-electron chi connectivity index (χ4n) is 0.517. The second kappa shape index (κ2) is 4.32. The van der Waals surface area contributed by atoms with E-state index in [-0.39, 0.29) is 5.54 Å². The van der Waals surface area contributed by atoms with Crippen LogP contribution in [-0.4, -0.2) is 25.8 Å². The van der Waals surface area contributed by atoms with Gasteiger partial charge in [0.25, 0.3) is 0 Å². The molecule has 2 heteroatoms. The normalized spacial score (nSPS) is 11.0. The Labute approximate surface area is 63.0 Å². The van der Waals surface area contributed by atoms with Crippen LogP contribution in [-0.2, 0) is 4.74 Å². The standard InChI is InChI=1S/C8H15NO/c1-5-8(2,3)9-6-7-10-4/h1,9H,6-7H2,2-4H3. The van der Waals surface area contributed by atoms with E-state index in [9.17, 15) is 0 Å². The van der Waals surface area contributed by atoms with Gasteiger partial charge >= 0.3 is 0 Å². The largest absolute Gasteiger partial charge is 0.383 e. The molecule has 58 valence electrons. The third kappa shape index (κ3) is 4.37. The molecule has 0 bridgehead atoms. The second-order valence-electron chi connectivity index (χ2n) is 2.69. The van der Waals surface area contributed by atoms with Gasteiger partial charge in [-0.05, 0) is 13.8 Å². The van der Waals surface area contributed by atoms with Gasteiger partial charge < -0.3 is 4.74 Å². The van der Waals surface area contributed by atoms with Crippen molar-refractivity contribution in [2.75, 3.05) is 20.3 Å². The number of terminal acetylenes is 1. The molecule has 2 nitrogen and oxygen atoms in total. The number of hydrogen-bond acceptors (Lipinski definition) is 2. The topological polar surface area (TPSA) is 21.3 Å². The monoisotopic (exact) mass is 141 g/mol. The van der Waals surface area contributed by atoms with Crippen LogP contribution in [0.3, 0.4) is 0 Å². The van der Waals surface area contributed by atoms with E-state index in [4.69, 9.17) is 11.2 Å². The molecule has 1 N–H and O–H groups in total. The molecule has 0 aliphatic carbocycles. The Morgan fingerprint density at radius 2 is 2.20 bits per heavy atom. The molecule has 0 saturated heterocycles. The summed E-state index contributed by atoms with van der Waals surface area (Å²) >= 11 is 0. The van der Waals surface area contributed by atoms with Crippen molar-refractivity contribution in [2.45, 2.75) is 19.4 Å². The molecule has 0 atom stereocenters. The smallest absolute Gasteiger partial charge is 0.0742 e. The molecule has 0 aromatic rings. The molecule has 10 heavy (non-hydrogen) atoms. The minimum Gasteiger partial charge on any atom is -0.383 e. The number of rotatable bonds is 4.